The molecule has 2 heterocycles. The van der Waals surface area contributed by atoms with E-state index in [9.17, 15) is 14.4 Å². The van der Waals surface area contributed by atoms with Crippen LogP contribution in [-0.4, -0.2) is 67.0 Å². The first kappa shape index (κ1) is 16.3. The number of hydrogen-bond acceptors (Lipinski definition) is 4. The molecule has 1 aromatic rings. The molecule has 0 saturated carbocycles. The fourth-order valence-electron chi connectivity index (χ4n) is 3.11. The average molecular weight is 331 g/mol. The van der Waals surface area contributed by atoms with Crippen molar-refractivity contribution in [1.29, 1.82) is 0 Å². The molecule has 0 aromatic heterocycles. The highest BCUT2D eigenvalue weighted by Gasteiger charge is 2.34. The number of hydrogen-bond donors (Lipinski definition) is 0. The predicted octanol–water partition coefficient (Wildman–Crippen LogP) is 0.876. The van der Waals surface area contributed by atoms with Crippen LogP contribution in [0.4, 0.5) is 10.5 Å². The van der Waals surface area contributed by atoms with Gasteiger partial charge in [-0.15, -0.1) is 0 Å². The van der Waals surface area contributed by atoms with Gasteiger partial charge in [-0.05, 0) is 25.0 Å². The van der Waals surface area contributed by atoms with Crippen LogP contribution in [0, 0.1) is 0 Å². The number of benzene rings is 1. The quantitative estimate of drug-likeness (QED) is 0.716. The van der Waals surface area contributed by atoms with Crippen molar-refractivity contribution in [3.8, 4) is 0 Å². The highest BCUT2D eigenvalue weighted by atomic mass is 16.6. The molecule has 1 aromatic carbocycles. The SMILES string of the molecule is CCOC(=O)N1CCN(C(=O)C(=O)N2CCc3ccccc32)CC1. The van der Waals surface area contributed by atoms with E-state index in [-0.39, 0.29) is 6.09 Å². The van der Waals surface area contributed by atoms with Crippen molar-refractivity contribution in [2.45, 2.75) is 13.3 Å². The van der Waals surface area contributed by atoms with Gasteiger partial charge < -0.3 is 19.4 Å². The number of nitrogens with zero attached hydrogens (tertiary/aromatic N) is 3. The lowest BCUT2D eigenvalue weighted by Gasteiger charge is -2.34. The second kappa shape index (κ2) is 6.90. The Kier molecular flexibility index (Phi) is 4.69. The third-order valence-electron chi connectivity index (χ3n) is 4.41. The molecule has 1 saturated heterocycles. The fourth-order valence-corrected chi connectivity index (χ4v) is 3.11. The van der Waals surface area contributed by atoms with Crippen LogP contribution < -0.4 is 4.90 Å². The van der Waals surface area contributed by atoms with E-state index in [2.05, 4.69) is 0 Å². The number of fused-ring (bicyclic) bond motifs is 1. The molecule has 2 aliphatic rings. The highest BCUT2D eigenvalue weighted by Crippen LogP contribution is 2.27. The van der Waals surface area contributed by atoms with E-state index < -0.39 is 11.8 Å². The first-order valence-electron chi connectivity index (χ1n) is 8.22. The van der Waals surface area contributed by atoms with Gasteiger partial charge in [-0.3, -0.25) is 9.59 Å². The third-order valence-corrected chi connectivity index (χ3v) is 4.41. The second-order valence-corrected chi connectivity index (χ2v) is 5.81. The monoisotopic (exact) mass is 331 g/mol. The van der Waals surface area contributed by atoms with Gasteiger partial charge in [0.1, 0.15) is 0 Å². The molecule has 24 heavy (non-hydrogen) atoms. The number of rotatable bonds is 1. The van der Waals surface area contributed by atoms with Gasteiger partial charge in [-0.25, -0.2) is 4.79 Å². The Bertz CT molecular complexity index is 653. The summed E-state index contributed by atoms with van der Waals surface area (Å²) >= 11 is 0. The Labute approximate surface area is 140 Å². The van der Waals surface area contributed by atoms with Gasteiger partial charge in [0.2, 0.25) is 0 Å². The molecule has 2 aliphatic heterocycles. The lowest BCUT2D eigenvalue weighted by Crippen LogP contribution is -2.54. The molecule has 3 rings (SSSR count). The van der Waals surface area contributed by atoms with E-state index in [0.717, 1.165) is 17.7 Å². The van der Waals surface area contributed by atoms with Crippen molar-refractivity contribution in [3.05, 3.63) is 29.8 Å². The standard InChI is InChI=1S/C17H21N3O4/c1-2-24-17(23)19-11-9-18(10-12-19)15(21)16(22)20-8-7-13-5-3-4-6-14(13)20/h3-6H,2,7-12H2,1H3. The molecule has 7 heteroatoms. The third kappa shape index (κ3) is 3.06. The molecule has 3 amide bonds. The normalized spacial score (nSPS) is 16.8. The molecule has 1 fully saturated rings. The molecular weight excluding hydrogens is 310 g/mol. The number of carbonyl (C=O) groups is 3. The molecule has 0 bridgehead atoms. The summed E-state index contributed by atoms with van der Waals surface area (Å²) in [5, 5.41) is 0. The van der Waals surface area contributed by atoms with Crippen molar-refractivity contribution in [2.75, 3.05) is 44.2 Å². The van der Waals surface area contributed by atoms with Crippen LogP contribution in [0.25, 0.3) is 0 Å². The van der Waals surface area contributed by atoms with Gasteiger partial charge in [0.05, 0.1) is 6.61 Å². The van der Waals surface area contributed by atoms with Gasteiger partial charge in [0.25, 0.3) is 0 Å². The molecule has 0 unspecified atom stereocenters. The summed E-state index contributed by atoms with van der Waals surface area (Å²) in [6.07, 6.45) is 0.399. The van der Waals surface area contributed by atoms with E-state index in [1.165, 1.54) is 4.90 Å². The molecule has 0 spiro atoms. The van der Waals surface area contributed by atoms with Gasteiger partial charge >= 0.3 is 17.9 Å². The molecule has 0 N–H and O–H groups in total. The summed E-state index contributed by atoms with van der Waals surface area (Å²) in [4.78, 5) is 41.4. The van der Waals surface area contributed by atoms with Crippen molar-refractivity contribution in [2.24, 2.45) is 0 Å². The highest BCUT2D eigenvalue weighted by molar-refractivity contribution is 6.40. The van der Waals surface area contributed by atoms with Crippen LogP contribution in [0.2, 0.25) is 0 Å². The van der Waals surface area contributed by atoms with Crippen molar-refractivity contribution in [3.63, 3.8) is 0 Å². The van der Waals surface area contributed by atoms with E-state index in [0.29, 0.717) is 39.3 Å². The average Bonchev–Trinajstić information content (AvgIpc) is 3.05. The first-order chi connectivity index (χ1) is 11.6. The van der Waals surface area contributed by atoms with Crippen LogP contribution >= 0.6 is 0 Å². The Balaban J connectivity index is 1.60. The lowest BCUT2D eigenvalue weighted by atomic mass is 10.2. The molecule has 128 valence electrons. The smallest absolute Gasteiger partial charge is 0.409 e. The topological polar surface area (TPSA) is 70.2 Å². The summed E-state index contributed by atoms with van der Waals surface area (Å²) in [5.41, 5.74) is 1.91. The van der Waals surface area contributed by atoms with Crippen LogP contribution in [-0.2, 0) is 20.7 Å². The van der Waals surface area contributed by atoms with Gasteiger partial charge in [0.15, 0.2) is 0 Å². The van der Waals surface area contributed by atoms with Gasteiger partial charge in [-0.1, -0.05) is 18.2 Å². The maximum absolute atomic E-state index is 12.6. The van der Waals surface area contributed by atoms with Crippen LogP contribution in [0.3, 0.4) is 0 Å². The number of piperazine rings is 1. The maximum atomic E-state index is 12.6. The number of amides is 3. The predicted molar refractivity (Wildman–Crippen MR) is 87.7 cm³/mol. The number of anilines is 1. The first-order valence-corrected chi connectivity index (χ1v) is 8.22. The molecular formula is C17H21N3O4. The minimum absolute atomic E-state index is 0.324. The zero-order valence-corrected chi connectivity index (χ0v) is 13.7. The van der Waals surface area contributed by atoms with Crippen LogP contribution in [0.5, 0.6) is 0 Å². The number of carbonyl (C=O) groups excluding carboxylic acids is 3. The number of ether oxygens (including phenoxy) is 1. The van der Waals surface area contributed by atoms with E-state index in [4.69, 9.17) is 4.74 Å². The zero-order valence-electron chi connectivity index (χ0n) is 13.7. The zero-order chi connectivity index (χ0) is 17.1. The minimum Gasteiger partial charge on any atom is -0.450 e. The van der Waals surface area contributed by atoms with E-state index in [1.807, 2.05) is 24.3 Å². The lowest BCUT2D eigenvalue weighted by molar-refractivity contribution is -0.145. The summed E-state index contributed by atoms with van der Waals surface area (Å²) in [6.45, 7) is 4.07. The summed E-state index contributed by atoms with van der Waals surface area (Å²) in [7, 11) is 0. The van der Waals surface area contributed by atoms with Crippen molar-refractivity contribution in [1.82, 2.24) is 9.80 Å². The van der Waals surface area contributed by atoms with Crippen molar-refractivity contribution >= 4 is 23.6 Å². The minimum atomic E-state index is -0.504. The van der Waals surface area contributed by atoms with Gasteiger partial charge in [0, 0.05) is 38.4 Å². The van der Waals surface area contributed by atoms with Crippen LogP contribution in [0.15, 0.2) is 24.3 Å². The summed E-state index contributed by atoms with van der Waals surface area (Å²) in [6, 6.07) is 7.65. The van der Waals surface area contributed by atoms with E-state index in [1.54, 1.807) is 16.7 Å². The molecule has 0 atom stereocenters. The Hall–Kier alpha value is -2.57. The Morgan fingerprint density at radius 3 is 2.33 bits per heavy atom. The largest absolute Gasteiger partial charge is 0.450 e. The second-order valence-electron chi connectivity index (χ2n) is 5.81. The van der Waals surface area contributed by atoms with Gasteiger partial charge in [-0.2, -0.15) is 0 Å². The summed E-state index contributed by atoms with van der Waals surface area (Å²) in [5.74, 6) is -1.00. The Morgan fingerprint density at radius 2 is 1.62 bits per heavy atom. The molecule has 0 aliphatic carbocycles. The number of para-hydroxylation sites is 1. The molecule has 7 nitrogen and oxygen atoms in total. The molecule has 0 radical (unpaired) electrons. The van der Waals surface area contributed by atoms with Crippen molar-refractivity contribution < 1.29 is 19.1 Å². The fraction of sp³-hybridized carbons (Fsp3) is 0.471. The van der Waals surface area contributed by atoms with E-state index >= 15 is 0 Å². The van der Waals surface area contributed by atoms with Crippen LogP contribution in [0.1, 0.15) is 12.5 Å². The summed E-state index contributed by atoms with van der Waals surface area (Å²) < 4.78 is 4.95. The maximum Gasteiger partial charge on any atom is 0.409 e. The Morgan fingerprint density at radius 1 is 0.958 bits per heavy atom.